The van der Waals surface area contributed by atoms with Gasteiger partial charge in [0.25, 0.3) is 0 Å². The molecule has 28 heavy (non-hydrogen) atoms. The van der Waals surface area contributed by atoms with Crippen molar-refractivity contribution in [2.45, 2.75) is 66.0 Å². The third kappa shape index (κ3) is 7.48. The molecule has 1 aromatic heterocycles. The molecule has 0 aliphatic carbocycles. The van der Waals surface area contributed by atoms with Crippen LogP contribution in [0.4, 0.5) is 4.79 Å². The Hall–Kier alpha value is -1.52. The number of carbonyl (C=O) groups is 1. The summed E-state index contributed by atoms with van der Waals surface area (Å²) in [6.07, 6.45) is 1.57. The predicted molar refractivity (Wildman–Crippen MR) is 120 cm³/mol. The third-order valence-corrected chi connectivity index (χ3v) is 4.25. The molecule has 1 fully saturated rings. The highest BCUT2D eigenvalue weighted by Crippen LogP contribution is 2.16. The van der Waals surface area contributed by atoms with Crippen LogP contribution < -0.4 is 10.6 Å². The van der Waals surface area contributed by atoms with Crippen LogP contribution in [0, 0.1) is 13.8 Å². The molecule has 1 aliphatic rings. The molecule has 1 aromatic rings. The van der Waals surface area contributed by atoms with E-state index < -0.39 is 5.60 Å². The molecular formula is C19H34IN5O3. The molecule has 0 atom stereocenters. The number of amides is 1. The molecule has 0 aromatic carbocycles. The van der Waals surface area contributed by atoms with Crippen LogP contribution in [0.1, 0.15) is 51.1 Å². The highest BCUT2D eigenvalue weighted by atomic mass is 127. The summed E-state index contributed by atoms with van der Waals surface area (Å²) in [5, 5.41) is 10.6. The van der Waals surface area contributed by atoms with Gasteiger partial charge in [-0.15, -0.1) is 24.0 Å². The summed E-state index contributed by atoms with van der Waals surface area (Å²) < 4.78 is 10.6. The zero-order valence-electron chi connectivity index (χ0n) is 17.8. The Morgan fingerprint density at radius 2 is 2.04 bits per heavy atom. The van der Waals surface area contributed by atoms with E-state index in [1.807, 2.05) is 41.5 Å². The minimum atomic E-state index is -0.465. The van der Waals surface area contributed by atoms with E-state index in [1.165, 1.54) is 5.56 Å². The van der Waals surface area contributed by atoms with Crippen LogP contribution in [0.25, 0.3) is 0 Å². The van der Waals surface area contributed by atoms with Gasteiger partial charge in [-0.3, -0.25) is 4.99 Å². The summed E-state index contributed by atoms with van der Waals surface area (Å²) in [4.78, 5) is 18.3. The molecule has 0 saturated carbocycles. The number of nitrogens with one attached hydrogen (secondary N) is 2. The van der Waals surface area contributed by atoms with Gasteiger partial charge in [-0.25, -0.2) is 4.79 Å². The maximum Gasteiger partial charge on any atom is 0.410 e. The molecule has 1 saturated heterocycles. The van der Waals surface area contributed by atoms with E-state index >= 15 is 0 Å². The lowest BCUT2D eigenvalue weighted by molar-refractivity contribution is 0.00701. The van der Waals surface area contributed by atoms with Crippen molar-refractivity contribution in [2.75, 3.05) is 26.2 Å². The molecule has 1 amide bonds. The molecule has 160 valence electrons. The minimum absolute atomic E-state index is 0. The van der Waals surface area contributed by atoms with Gasteiger partial charge in [0.05, 0.1) is 11.7 Å². The molecule has 2 rings (SSSR count). The highest BCUT2D eigenvalue weighted by Gasteiger charge is 2.34. The predicted octanol–water partition coefficient (Wildman–Crippen LogP) is 3.02. The number of nitrogens with zero attached hydrogens (tertiary/aromatic N) is 3. The topological polar surface area (TPSA) is 92.0 Å². The van der Waals surface area contributed by atoms with Crippen LogP contribution in [0.15, 0.2) is 9.52 Å². The first-order chi connectivity index (χ1) is 12.7. The van der Waals surface area contributed by atoms with Gasteiger partial charge < -0.3 is 24.8 Å². The summed E-state index contributed by atoms with van der Waals surface area (Å²) in [6.45, 7) is 14.3. The first-order valence-corrected chi connectivity index (χ1v) is 9.64. The van der Waals surface area contributed by atoms with Crippen LogP contribution >= 0.6 is 24.0 Å². The lowest BCUT2D eigenvalue weighted by Crippen LogP contribution is -2.63. The molecule has 0 spiro atoms. The third-order valence-electron chi connectivity index (χ3n) is 4.25. The van der Waals surface area contributed by atoms with E-state index in [4.69, 9.17) is 9.26 Å². The Labute approximate surface area is 184 Å². The standard InChI is InChI=1S/C19H33N5O3.HI/c1-7-20-17(21-10-8-9-16-13(2)23-27-14(16)3)22-15-11-24(12-15)18(25)26-19(4,5)6;/h15H,7-12H2,1-6H3,(H2,20,21,22);1H. The number of hydrogen-bond acceptors (Lipinski definition) is 5. The number of hydrogen-bond donors (Lipinski definition) is 2. The van der Waals surface area contributed by atoms with Gasteiger partial charge in [-0.2, -0.15) is 0 Å². The zero-order chi connectivity index (χ0) is 20.0. The van der Waals surface area contributed by atoms with Crippen LogP contribution in [-0.4, -0.2) is 59.9 Å². The SMILES string of the molecule is CCNC(=NCCCc1c(C)noc1C)NC1CN(C(=O)OC(C)(C)C)C1.I. The fraction of sp³-hybridized carbons (Fsp3) is 0.737. The van der Waals surface area contributed by atoms with Gasteiger partial charge >= 0.3 is 6.09 Å². The van der Waals surface area contributed by atoms with Crippen molar-refractivity contribution in [1.29, 1.82) is 0 Å². The van der Waals surface area contributed by atoms with E-state index in [2.05, 4.69) is 20.8 Å². The molecule has 0 unspecified atom stereocenters. The largest absolute Gasteiger partial charge is 0.444 e. The second-order valence-electron chi connectivity index (χ2n) is 7.89. The quantitative estimate of drug-likeness (QED) is 0.266. The van der Waals surface area contributed by atoms with Crippen LogP contribution in [-0.2, 0) is 11.2 Å². The summed E-state index contributed by atoms with van der Waals surface area (Å²) in [5.41, 5.74) is 1.67. The van der Waals surface area contributed by atoms with Crippen molar-refractivity contribution in [3.05, 3.63) is 17.0 Å². The van der Waals surface area contributed by atoms with Crippen molar-refractivity contribution in [3.63, 3.8) is 0 Å². The summed E-state index contributed by atoms with van der Waals surface area (Å²) >= 11 is 0. The van der Waals surface area contributed by atoms with E-state index in [0.717, 1.165) is 36.8 Å². The maximum atomic E-state index is 12.0. The Kier molecular flexibility index (Phi) is 9.52. The van der Waals surface area contributed by atoms with Crippen molar-refractivity contribution in [3.8, 4) is 0 Å². The van der Waals surface area contributed by atoms with Gasteiger partial charge in [0.15, 0.2) is 5.96 Å². The lowest BCUT2D eigenvalue weighted by atomic mass is 10.1. The molecule has 1 aliphatic heterocycles. The number of ether oxygens (including phenoxy) is 1. The average Bonchev–Trinajstić information content (AvgIpc) is 2.83. The first-order valence-electron chi connectivity index (χ1n) is 9.64. The number of aliphatic imine (C=N–C) groups is 1. The summed E-state index contributed by atoms with van der Waals surface area (Å²) in [6, 6.07) is 0.192. The molecule has 9 heteroatoms. The molecule has 8 nitrogen and oxygen atoms in total. The van der Waals surface area contributed by atoms with Gasteiger partial charge in [0, 0.05) is 31.7 Å². The molecule has 0 bridgehead atoms. The van der Waals surface area contributed by atoms with Crippen molar-refractivity contribution in [1.82, 2.24) is 20.7 Å². The van der Waals surface area contributed by atoms with Crippen LogP contribution in [0.2, 0.25) is 0 Å². The number of guanidine groups is 1. The Balaban J connectivity index is 0.00000392. The summed E-state index contributed by atoms with van der Waals surface area (Å²) in [5.74, 6) is 1.67. The Morgan fingerprint density at radius 1 is 1.36 bits per heavy atom. The van der Waals surface area contributed by atoms with E-state index in [9.17, 15) is 4.79 Å². The van der Waals surface area contributed by atoms with Gasteiger partial charge in [0.1, 0.15) is 11.4 Å². The first kappa shape index (κ1) is 24.5. The van der Waals surface area contributed by atoms with E-state index in [0.29, 0.717) is 19.6 Å². The van der Waals surface area contributed by atoms with Gasteiger partial charge in [-0.05, 0) is 54.4 Å². The zero-order valence-corrected chi connectivity index (χ0v) is 20.1. The average molecular weight is 507 g/mol. The number of aromatic nitrogens is 1. The number of likely N-dealkylation sites (tertiary alicyclic amines) is 1. The number of aryl methyl sites for hydroxylation is 2. The maximum absolute atomic E-state index is 12.0. The van der Waals surface area contributed by atoms with E-state index in [-0.39, 0.29) is 36.1 Å². The second kappa shape index (κ2) is 10.9. The fourth-order valence-electron chi connectivity index (χ4n) is 2.86. The smallest absolute Gasteiger partial charge is 0.410 e. The molecule has 2 heterocycles. The van der Waals surface area contributed by atoms with Crippen molar-refractivity contribution < 1.29 is 14.1 Å². The van der Waals surface area contributed by atoms with Crippen molar-refractivity contribution in [2.24, 2.45) is 4.99 Å². The van der Waals surface area contributed by atoms with Gasteiger partial charge in [0.2, 0.25) is 0 Å². The van der Waals surface area contributed by atoms with E-state index in [1.54, 1.807) is 4.90 Å². The monoisotopic (exact) mass is 507 g/mol. The highest BCUT2D eigenvalue weighted by molar-refractivity contribution is 14.0. The number of carbonyl (C=O) groups excluding carboxylic acids is 1. The normalized spacial score (nSPS) is 14.9. The van der Waals surface area contributed by atoms with Crippen molar-refractivity contribution >= 4 is 36.0 Å². The Morgan fingerprint density at radius 3 is 2.57 bits per heavy atom. The lowest BCUT2D eigenvalue weighted by Gasteiger charge is -2.40. The minimum Gasteiger partial charge on any atom is -0.444 e. The Bertz CT molecular complexity index is 644. The molecule has 2 N–H and O–H groups in total. The molecule has 0 radical (unpaired) electrons. The van der Waals surface area contributed by atoms with Crippen LogP contribution in [0.3, 0.4) is 0 Å². The number of rotatable bonds is 6. The fourth-order valence-corrected chi connectivity index (χ4v) is 2.86. The molecular weight excluding hydrogens is 473 g/mol. The summed E-state index contributed by atoms with van der Waals surface area (Å²) in [7, 11) is 0. The second-order valence-corrected chi connectivity index (χ2v) is 7.89. The van der Waals surface area contributed by atoms with Gasteiger partial charge in [-0.1, -0.05) is 5.16 Å². The van der Waals surface area contributed by atoms with Crippen LogP contribution in [0.5, 0.6) is 0 Å². The number of halogens is 1.